The summed E-state index contributed by atoms with van der Waals surface area (Å²) in [5, 5.41) is 0. The third kappa shape index (κ3) is 4.51. The molecular formula is C23H33FO. The first-order valence-corrected chi connectivity index (χ1v) is 10.4. The second-order valence-corrected chi connectivity index (χ2v) is 8.47. The number of Topliss-reactive ketones (excluding diaryl/α,β-unsaturated/α-hetero) is 1. The Labute approximate surface area is 152 Å². The maximum Gasteiger partial charge on any atom is 0.159 e. The molecule has 2 aliphatic rings. The molecule has 2 saturated carbocycles. The first kappa shape index (κ1) is 18.6. The second kappa shape index (κ2) is 8.47. The normalized spacial score (nSPS) is 30.2. The van der Waals surface area contributed by atoms with Crippen LogP contribution >= 0.6 is 0 Å². The van der Waals surface area contributed by atoms with Gasteiger partial charge in [0, 0.05) is 5.56 Å². The van der Waals surface area contributed by atoms with Crippen LogP contribution in [0.15, 0.2) is 18.2 Å². The average Bonchev–Trinajstić information content (AvgIpc) is 2.63. The molecule has 0 N–H and O–H groups in total. The molecule has 0 spiro atoms. The van der Waals surface area contributed by atoms with Crippen molar-refractivity contribution >= 4 is 5.78 Å². The third-order valence-corrected chi connectivity index (χ3v) is 6.87. The van der Waals surface area contributed by atoms with Crippen LogP contribution < -0.4 is 0 Å². The Morgan fingerprint density at radius 3 is 2.12 bits per heavy atom. The number of ketones is 1. The molecular weight excluding hydrogens is 311 g/mol. The summed E-state index contributed by atoms with van der Waals surface area (Å²) < 4.78 is 14.4. The summed E-state index contributed by atoms with van der Waals surface area (Å²) in [6, 6.07) is 5.08. The predicted octanol–water partition coefficient (Wildman–Crippen LogP) is 6.91. The molecule has 0 heterocycles. The van der Waals surface area contributed by atoms with E-state index in [0.29, 0.717) is 11.5 Å². The molecule has 2 fully saturated rings. The highest BCUT2D eigenvalue weighted by Gasteiger charge is 2.31. The molecule has 1 aromatic carbocycles. The van der Waals surface area contributed by atoms with Gasteiger partial charge in [-0.1, -0.05) is 44.7 Å². The van der Waals surface area contributed by atoms with Gasteiger partial charge in [0.05, 0.1) is 0 Å². The number of rotatable bonds is 5. The van der Waals surface area contributed by atoms with Crippen LogP contribution in [0.4, 0.5) is 4.39 Å². The van der Waals surface area contributed by atoms with Crippen LogP contribution in [-0.2, 0) is 0 Å². The lowest BCUT2D eigenvalue weighted by molar-refractivity contribution is 0.101. The van der Waals surface area contributed by atoms with Crippen molar-refractivity contribution in [2.45, 2.75) is 84.0 Å². The van der Waals surface area contributed by atoms with E-state index in [2.05, 4.69) is 6.92 Å². The van der Waals surface area contributed by atoms with Crippen LogP contribution in [0, 0.1) is 23.6 Å². The number of halogens is 1. The summed E-state index contributed by atoms with van der Waals surface area (Å²) in [5.74, 6) is 2.85. The van der Waals surface area contributed by atoms with Crippen molar-refractivity contribution in [2.75, 3.05) is 0 Å². The Balaban J connectivity index is 1.53. The van der Waals surface area contributed by atoms with E-state index in [-0.39, 0.29) is 11.6 Å². The Bertz CT molecular complexity index is 578. The van der Waals surface area contributed by atoms with Crippen LogP contribution in [0.1, 0.15) is 99.9 Å². The van der Waals surface area contributed by atoms with E-state index in [1.165, 1.54) is 64.4 Å². The Morgan fingerprint density at radius 2 is 1.60 bits per heavy atom. The smallest absolute Gasteiger partial charge is 0.159 e. The van der Waals surface area contributed by atoms with Gasteiger partial charge in [0.1, 0.15) is 5.82 Å². The highest BCUT2D eigenvalue weighted by atomic mass is 19.1. The zero-order valence-corrected chi connectivity index (χ0v) is 15.9. The van der Waals surface area contributed by atoms with Gasteiger partial charge in [0.15, 0.2) is 5.78 Å². The molecule has 1 nitrogen and oxygen atoms in total. The lowest BCUT2D eigenvalue weighted by Crippen LogP contribution is -2.25. The monoisotopic (exact) mass is 344 g/mol. The highest BCUT2D eigenvalue weighted by molar-refractivity contribution is 5.94. The Hall–Kier alpha value is -1.18. The molecule has 0 saturated heterocycles. The highest BCUT2D eigenvalue weighted by Crippen LogP contribution is 2.44. The van der Waals surface area contributed by atoms with Crippen molar-refractivity contribution in [3.63, 3.8) is 0 Å². The van der Waals surface area contributed by atoms with Crippen molar-refractivity contribution in [1.82, 2.24) is 0 Å². The minimum atomic E-state index is -0.184. The predicted molar refractivity (Wildman–Crippen MR) is 101 cm³/mol. The van der Waals surface area contributed by atoms with Crippen molar-refractivity contribution in [1.29, 1.82) is 0 Å². The maximum atomic E-state index is 14.4. The van der Waals surface area contributed by atoms with E-state index in [1.807, 2.05) is 6.07 Å². The van der Waals surface area contributed by atoms with Gasteiger partial charge >= 0.3 is 0 Å². The van der Waals surface area contributed by atoms with Crippen molar-refractivity contribution in [3.05, 3.63) is 35.1 Å². The molecule has 1 aromatic rings. The van der Waals surface area contributed by atoms with Gasteiger partial charge < -0.3 is 0 Å². The van der Waals surface area contributed by atoms with Crippen LogP contribution in [0.5, 0.6) is 0 Å². The minimum Gasteiger partial charge on any atom is -0.295 e. The van der Waals surface area contributed by atoms with E-state index < -0.39 is 0 Å². The molecule has 0 bridgehead atoms. The van der Waals surface area contributed by atoms with Crippen LogP contribution in [0.3, 0.4) is 0 Å². The first-order chi connectivity index (χ1) is 12.1. The molecule has 0 atom stereocenters. The van der Waals surface area contributed by atoms with Crippen LogP contribution in [0.2, 0.25) is 0 Å². The van der Waals surface area contributed by atoms with Gasteiger partial charge in [-0.15, -0.1) is 0 Å². The van der Waals surface area contributed by atoms with Crippen molar-refractivity contribution in [3.8, 4) is 0 Å². The summed E-state index contributed by atoms with van der Waals surface area (Å²) >= 11 is 0. The van der Waals surface area contributed by atoms with E-state index in [1.54, 1.807) is 6.07 Å². The largest absolute Gasteiger partial charge is 0.295 e. The number of carbonyl (C=O) groups is 1. The molecule has 0 unspecified atom stereocenters. The molecule has 2 aliphatic carbocycles. The van der Waals surface area contributed by atoms with Gasteiger partial charge in [0.25, 0.3) is 0 Å². The number of benzene rings is 1. The van der Waals surface area contributed by atoms with Crippen molar-refractivity contribution < 1.29 is 9.18 Å². The summed E-state index contributed by atoms with van der Waals surface area (Å²) in [5.41, 5.74) is 1.31. The summed E-state index contributed by atoms with van der Waals surface area (Å²) in [4.78, 5) is 11.4. The lowest BCUT2D eigenvalue weighted by atomic mass is 9.68. The number of hydrogen-bond acceptors (Lipinski definition) is 1. The van der Waals surface area contributed by atoms with Crippen LogP contribution in [-0.4, -0.2) is 5.78 Å². The number of hydrogen-bond donors (Lipinski definition) is 0. The van der Waals surface area contributed by atoms with Gasteiger partial charge in [0.2, 0.25) is 0 Å². The number of carbonyl (C=O) groups excluding carboxylic acids is 1. The van der Waals surface area contributed by atoms with Gasteiger partial charge in [-0.3, -0.25) is 4.79 Å². The van der Waals surface area contributed by atoms with E-state index in [9.17, 15) is 9.18 Å². The second-order valence-electron chi connectivity index (χ2n) is 8.47. The Morgan fingerprint density at radius 1 is 1.00 bits per heavy atom. The van der Waals surface area contributed by atoms with Crippen molar-refractivity contribution in [2.24, 2.45) is 17.8 Å². The van der Waals surface area contributed by atoms with E-state index in [0.717, 1.165) is 36.2 Å². The average molecular weight is 345 g/mol. The third-order valence-electron chi connectivity index (χ3n) is 6.87. The summed E-state index contributed by atoms with van der Waals surface area (Å²) in [6.45, 7) is 3.80. The molecule has 2 heteroatoms. The van der Waals surface area contributed by atoms with E-state index in [4.69, 9.17) is 0 Å². The van der Waals surface area contributed by atoms with Gasteiger partial charge in [-0.2, -0.15) is 0 Å². The minimum absolute atomic E-state index is 0.0622. The lowest BCUT2D eigenvalue weighted by Gasteiger charge is -2.38. The molecule has 0 amide bonds. The van der Waals surface area contributed by atoms with E-state index >= 15 is 0 Å². The van der Waals surface area contributed by atoms with Crippen LogP contribution in [0.25, 0.3) is 0 Å². The maximum absolute atomic E-state index is 14.4. The summed E-state index contributed by atoms with van der Waals surface area (Å²) in [6.07, 6.45) is 13.2. The Kier molecular flexibility index (Phi) is 6.30. The molecule has 0 aliphatic heterocycles. The standard InChI is InChI=1S/C23H33FO/c1-3-4-17-5-7-18(8-6-17)19-9-11-20(12-10-19)22-14-13-21(16(2)25)15-23(22)24/h13-15,17-20H,3-12H2,1-2H3. The molecule has 0 aromatic heterocycles. The first-order valence-electron chi connectivity index (χ1n) is 10.4. The fourth-order valence-corrected chi connectivity index (χ4v) is 5.34. The topological polar surface area (TPSA) is 17.1 Å². The summed E-state index contributed by atoms with van der Waals surface area (Å²) in [7, 11) is 0. The quantitative estimate of drug-likeness (QED) is 0.530. The fraction of sp³-hybridized carbons (Fsp3) is 0.696. The zero-order chi connectivity index (χ0) is 17.8. The van der Waals surface area contributed by atoms with Gasteiger partial charge in [-0.05, 0) is 80.8 Å². The molecule has 3 rings (SSSR count). The fourth-order valence-electron chi connectivity index (χ4n) is 5.34. The molecule has 138 valence electrons. The zero-order valence-electron chi connectivity index (χ0n) is 15.9. The SMILES string of the molecule is CCCC1CCC(C2CCC(c3ccc(C(C)=O)cc3F)CC2)CC1. The molecule has 25 heavy (non-hydrogen) atoms. The molecule has 0 radical (unpaired) electrons. The van der Waals surface area contributed by atoms with Gasteiger partial charge in [-0.25, -0.2) is 4.39 Å².